The van der Waals surface area contributed by atoms with Gasteiger partial charge < -0.3 is 4.55 Å². The van der Waals surface area contributed by atoms with E-state index in [4.69, 9.17) is 0 Å². The van der Waals surface area contributed by atoms with E-state index in [0.717, 1.165) is 5.56 Å². The van der Waals surface area contributed by atoms with Crippen molar-refractivity contribution in [2.45, 2.75) is 6.42 Å². The summed E-state index contributed by atoms with van der Waals surface area (Å²) in [7, 11) is -4.35. The molecule has 14 heavy (non-hydrogen) atoms. The number of rotatable bonds is 3. The average molecular weight is 220 g/mol. The first-order chi connectivity index (χ1) is 6.00. The summed E-state index contributed by atoms with van der Waals surface area (Å²) in [6.45, 7) is 3.22. The van der Waals surface area contributed by atoms with Crippen molar-refractivity contribution < 1.29 is 42.5 Å². The van der Waals surface area contributed by atoms with Crippen LogP contribution < -0.4 is 29.6 Å². The Morgan fingerprint density at radius 1 is 1.29 bits per heavy atom. The van der Waals surface area contributed by atoms with Crippen molar-refractivity contribution in [1.82, 2.24) is 0 Å². The third kappa shape index (κ3) is 4.39. The van der Waals surface area contributed by atoms with Gasteiger partial charge in [0.1, 0.15) is 10.1 Å². The Kier molecular flexibility index (Phi) is 5.63. The van der Waals surface area contributed by atoms with Crippen LogP contribution in [0.4, 0.5) is 0 Å². The maximum Gasteiger partial charge on any atom is 1.00 e. The first-order valence-electron chi connectivity index (χ1n) is 3.68. The standard InChI is InChI=1S/C9H10O3S.Na/c1-8(13(10,11)12)7-9-5-3-2-4-6-9;/h2-6H,1,7H2,(H,10,11,12);/q;+1/p-1. The molecule has 0 saturated carbocycles. The summed E-state index contributed by atoms with van der Waals surface area (Å²) in [6.07, 6.45) is 0.0900. The number of benzene rings is 1. The topological polar surface area (TPSA) is 57.2 Å². The normalized spacial score (nSPS) is 10.4. The van der Waals surface area contributed by atoms with Gasteiger partial charge in [-0.2, -0.15) is 0 Å². The second kappa shape index (κ2) is 5.68. The van der Waals surface area contributed by atoms with Crippen LogP contribution in [0.2, 0.25) is 0 Å². The Labute approximate surface area is 106 Å². The Hall–Kier alpha value is -0.130. The molecule has 0 heterocycles. The van der Waals surface area contributed by atoms with Crippen LogP contribution >= 0.6 is 0 Å². The molecule has 3 nitrogen and oxygen atoms in total. The van der Waals surface area contributed by atoms with Gasteiger partial charge in [0.2, 0.25) is 0 Å². The van der Waals surface area contributed by atoms with Crippen LogP contribution in [0.25, 0.3) is 0 Å². The summed E-state index contributed by atoms with van der Waals surface area (Å²) in [5.41, 5.74) is 0.770. The van der Waals surface area contributed by atoms with Gasteiger partial charge in [0.15, 0.2) is 0 Å². The van der Waals surface area contributed by atoms with E-state index in [1.807, 2.05) is 6.07 Å². The first kappa shape index (κ1) is 13.9. The maximum absolute atomic E-state index is 10.5. The van der Waals surface area contributed by atoms with Crippen molar-refractivity contribution >= 4 is 10.1 Å². The Morgan fingerprint density at radius 3 is 2.21 bits per heavy atom. The molecule has 0 amide bonds. The van der Waals surface area contributed by atoms with Crippen molar-refractivity contribution in [3.8, 4) is 0 Å². The van der Waals surface area contributed by atoms with Crippen LogP contribution in [0.1, 0.15) is 5.56 Å². The van der Waals surface area contributed by atoms with Gasteiger partial charge in [-0.3, -0.25) is 0 Å². The molecular formula is C9H9NaO3S. The van der Waals surface area contributed by atoms with Gasteiger partial charge in [-0.25, -0.2) is 8.42 Å². The van der Waals surface area contributed by atoms with Crippen LogP contribution in [-0.4, -0.2) is 13.0 Å². The van der Waals surface area contributed by atoms with E-state index >= 15 is 0 Å². The smallest absolute Gasteiger partial charge is 0.744 e. The van der Waals surface area contributed by atoms with Gasteiger partial charge in [0.25, 0.3) is 0 Å². The fourth-order valence-corrected chi connectivity index (χ4v) is 1.26. The van der Waals surface area contributed by atoms with Crippen molar-refractivity contribution in [3.63, 3.8) is 0 Å². The Bertz CT molecular complexity index is 397. The quantitative estimate of drug-likeness (QED) is 0.450. The molecule has 1 aromatic carbocycles. The molecule has 0 aliphatic carbocycles. The molecule has 1 rings (SSSR count). The van der Waals surface area contributed by atoms with Gasteiger partial charge in [0, 0.05) is 11.3 Å². The Morgan fingerprint density at radius 2 is 1.79 bits per heavy atom. The summed E-state index contributed by atoms with van der Waals surface area (Å²) >= 11 is 0. The molecule has 0 fully saturated rings. The third-order valence-electron chi connectivity index (χ3n) is 1.60. The minimum Gasteiger partial charge on any atom is -0.744 e. The van der Waals surface area contributed by atoms with E-state index in [0.29, 0.717) is 0 Å². The largest absolute Gasteiger partial charge is 1.00 e. The van der Waals surface area contributed by atoms with Crippen LogP contribution in [0.15, 0.2) is 41.8 Å². The molecule has 5 heteroatoms. The van der Waals surface area contributed by atoms with Gasteiger partial charge in [-0.1, -0.05) is 36.9 Å². The van der Waals surface area contributed by atoms with E-state index in [1.165, 1.54) is 0 Å². The van der Waals surface area contributed by atoms with Crippen LogP contribution in [0.3, 0.4) is 0 Å². The number of hydrogen-bond acceptors (Lipinski definition) is 3. The third-order valence-corrected chi connectivity index (χ3v) is 2.45. The van der Waals surface area contributed by atoms with E-state index in [2.05, 4.69) is 6.58 Å². The second-order valence-corrected chi connectivity index (χ2v) is 4.14. The average Bonchev–Trinajstić information content (AvgIpc) is 2.04. The zero-order valence-corrected chi connectivity index (χ0v) is 10.8. The monoisotopic (exact) mass is 220 g/mol. The summed E-state index contributed by atoms with van der Waals surface area (Å²) in [4.78, 5) is -0.293. The van der Waals surface area contributed by atoms with Crippen LogP contribution in [0.5, 0.6) is 0 Å². The summed E-state index contributed by atoms with van der Waals surface area (Å²) in [6, 6.07) is 8.87. The zero-order valence-electron chi connectivity index (χ0n) is 7.93. The number of hydrogen-bond donors (Lipinski definition) is 0. The molecule has 1 aromatic rings. The molecule has 0 bridgehead atoms. The van der Waals surface area contributed by atoms with Gasteiger partial charge in [-0.15, -0.1) is 0 Å². The molecule has 0 radical (unpaired) electrons. The summed E-state index contributed by atoms with van der Waals surface area (Å²) < 4.78 is 31.4. The van der Waals surface area contributed by atoms with Crippen molar-refractivity contribution in [2.24, 2.45) is 0 Å². The first-order valence-corrected chi connectivity index (χ1v) is 5.08. The van der Waals surface area contributed by atoms with E-state index in [-0.39, 0.29) is 40.9 Å². The van der Waals surface area contributed by atoms with Crippen molar-refractivity contribution in [2.75, 3.05) is 0 Å². The predicted molar refractivity (Wildman–Crippen MR) is 49.0 cm³/mol. The van der Waals surface area contributed by atoms with Crippen LogP contribution in [0, 0.1) is 0 Å². The molecule has 0 unspecified atom stereocenters. The van der Waals surface area contributed by atoms with Gasteiger partial charge in [-0.05, 0) is 5.56 Å². The van der Waals surface area contributed by atoms with E-state index in [1.54, 1.807) is 24.3 Å². The summed E-state index contributed by atoms with van der Waals surface area (Å²) in [5.74, 6) is 0. The van der Waals surface area contributed by atoms with E-state index in [9.17, 15) is 13.0 Å². The SMILES string of the molecule is C=C(Cc1ccccc1)S(=O)(=O)[O-].[Na+]. The van der Waals surface area contributed by atoms with Gasteiger partial charge >= 0.3 is 29.6 Å². The minimum atomic E-state index is -4.35. The predicted octanol–water partition coefficient (Wildman–Crippen LogP) is -1.71. The molecule has 0 saturated heterocycles. The zero-order chi connectivity index (χ0) is 9.90. The number of allylic oxidation sites excluding steroid dienone is 1. The minimum absolute atomic E-state index is 0. The van der Waals surface area contributed by atoms with Crippen molar-refractivity contribution in [3.05, 3.63) is 47.4 Å². The van der Waals surface area contributed by atoms with Gasteiger partial charge in [0.05, 0.1) is 0 Å². The molecule has 70 valence electrons. The molecule has 0 atom stereocenters. The molecular weight excluding hydrogens is 211 g/mol. The molecule has 0 aromatic heterocycles. The fraction of sp³-hybridized carbons (Fsp3) is 0.111. The van der Waals surface area contributed by atoms with Crippen molar-refractivity contribution in [1.29, 1.82) is 0 Å². The maximum atomic E-state index is 10.5. The Balaban J connectivity index is 0.00000169. The second-order valence-electron chi connectivity index (χ2n) is 2.66. The van der Waals surface area contributed by atoms with Crippen LogP contribution in [-0.2, 0) is 16.5 Å². The molecule has 0 N–H and O–H groups in total. The van der Waals surface area contributed by atoms with E-state index < -0.39 is 10.1 Å². The molecule has 0 aliphatic heterocycles. The summed E-state index contributed by atoms with van der Waals surface area (Å²) in [5, 5.41) is 0. The fourth-order valence-electron chi connectivity index (χ4n) is 0.912. The molecule has 0 aliphatic rings. The molecule has 0 spiro atoms.